The average molecular weight is 480 g/mol. The lowest BCUT2D eigenvalue weighted by atomic mass is 9.98. The SMILES string of the molecule is COc1ccc(C2=NN(S(=O)(=O)c3ccc(C)cc3)[C@H](c3ccc(N(C)C)cc3)C2)cc1OC. The zero-order valence-electron chi connectivity index (χ0n) is 20.0. The number of ether oxygens (including phenoxy) is 2. The van der Waals surface area contributed by atoms with Gasteiger partial charge in [0, 0.05) is 31.8 Å². The van der Waals surface area contributed by atoms with Crippen molar-refractivity contribution in [3.05, 3.63) is 83.4 Å². The molecule has 3 aromatic rings. The zero-order valence-corrected chi connectivity index (χ0v) is 20.8. The first kappa shape index (κ1) is 23.6. The lowest BCUT2D eigenvalue weighted by Crippen LogP contribution is -2.27. The normalized spacial score (nSPS) is 15.7. The number of rotatable bonds is 7. The molecule has 3 aromatic carbocycles. The lowest BCUT2D eigenvalue weighted by molar-refractivity contribution is 0.355. The molecule has 0 unspecified atom stereocenters. The molecule has 0 fully saturated rings. The van der Waals surface area contributed by atoms with Gasteiger partial charge in [-0.1, -0.05) is 29.8 Å². The van der Waals surface area contributed by atoms with E-state index in [2.05, 4.69) is 5.10 Å². The summed E-state index contributed by atoms with van der Waals surface area (Å²) >= 11 is 0. The molecular formula is C26H29N3O4S. The van der Waals surface area contributed by atoms with Crippen molar-refractivity contribution in [1.82, 2.24) is 4.41 Å². The highest BCUT2D eigenvalue weighted by molar-refractivity contribution is 7.89. The molecule has 178 valence electrons. The predicted octanol–water partition coefficient (Wildman–Crippen LogP) is 4.62. The van der Waals surface area contributed by atoms with E-state index in [1.165, 1.54) is 4.41 Å². The van der Waals surface area contributed by atoms with E-state index in [0.717, 1.165) is 22.4 Å². The van der Waals surface area contributed by atoms with E-state index in [1.54, 1.807) is 44.6 Å². The maximum absolute atomic E-state index is 13.7. The van der Waals surface area contributed by atoms with Gasteiger partial charge in [-0.25, -0.2) is 0 Å². The quantitative estimate of drug-likeness (QED) is 0.495. The molecule has 0 amide bonds. The molecule has 8 heteroatoms. The summed E-state index contributed by atoms with van der Waals surface area (Å²) in [6.07, 6.45) is 0.432. The third kappa shape index (κ3) is 4.46. The van der Waals surface area contributed by atoms with Crippen molar-refractivity contribution in [2.45, 2.75) is 24.3 Å². The Morgan fingerprint density at radius 2 is 1.56 bits per heavy atom. The maximum atomic E-state index is 13.7. The molecule has 1 heterocycles. The minimum atomic E-state index is -3.87. The maximum Gasteiger partial charge on any atom is 0.279 e. The molecule has 0 bridgehead atoms. The van der Waals surface area contributed by atoms with Gasteiger partial charge < -0.3 is 14.4 Å². The van der Waals surface area contributed by atoms with Crippen LogP contribution in [0.1, 0.15) is 29.2 Å². The molecule has 1 aliphatic heterocycles. The van der Waals surface area contributed by atoms with Crippen molar-refractivity contribution in [2.75, 3.05) is 33.2 Å². The number of hydrazone groups is 1. The molecule has 34 heavy (non-hydrogen) atoms. The largest absolute Gasteiger partial charge is 0.493 e. The van der Waals surface area contributed by atoms with Crippen molar-refractivity contribution in [2.24, 2.45) is 5.10 Å². The van der Waals surface area contributed by atoms with E-state index >= 15 is 0 Å². The van der Waals surface area contributed by atoms with Crippen LogP contribution in [0.25, 0.3) is 0 Å². The molecule has 0 aliphatic carbocycles. The summed E-state index contributed by atoms with van der Waals surface area (Å²) in [6, 6.07) is 19.8. The Labute approximate surface area is 201 Å². The summed E-state index contributed by atoms with van der Waals surface area (Å²) in [6.45, 7) is 1.93. The van der Waals surface area contributed by atoms with Gasteiger partial charge in [0.25, 0.3) is 10.0 Å². The van der Waals surface area contributed by atoms with Gasteiger partial charge in [-0.2, -0.15) is 17.9 Å². The zero-order chi connectivity index (χ0) is 24.5. The number of hydrogen-bond acceptors (Lipinski definition) is 6. The molecular weight excluding hydrogens is 450 g/mol. The van der Waals surface area contributed by atoms with Crippen LogP contribution in [-0.4, -0.2) is 46.9 Å². The average Bonchev–Trinajstić information content (AvgIpc) is 3.30. The summed E-state index contributed by atoms with van der Waals surface area (Å²) in [5.74, 6) is 1.17. The van der Waals surface area contributed by atoms with Crippen molar-refractivity contribution in [3.8, 4) is 11.5 Å². The minimum Gasteiger partial charge on any atom is -0.493 e. The summed E-state index contributed by atoms with van der Waals surface area (Å²) in [7, 11) is 3.22. The monoisotopic (exact) mass is 479 g/mol. The van der Waals surface area contributed by atoms with Crippen molar-refractivity contribution >= 4 is 21.4 Å². The number of benzene rings is 3. The van der Waals surface area contributed by atoms with Gasteiger partial charge in [0.1, 0.15) is 0 Å². The second-order valence-corrected chi connectivity index (χ2v) is 10.2. The van der Waals surface area contributed by atoms with E-state index in [-0.39, 0.29) is 4.90 Å². The fourth-order valence-electron chi connectivity index (χ4n) is 3.96. The van der Waals surface area contributed by atoms with E-state index in [1.807, 2.05) is 62.3 Å². The van der Waals surface area contributed by atoms with Crippen LogP contribution < -0.4 is 14.4 Å². The first-order valence-corrected chi connectivity index (χ1v) is 12.4. The fourth-order valence-corrected chi connectivity index (χ4v) is 5.39. The minimum absolute atomic E-state index is 0.213. The summed E-state index contributed by atoms with van der Waals surface area (Å²) < 4.78 is 39.4. The summed E-state index contributed by atoms with van der Waals surface area (Å²) in [5.41, 5.74) is 4.36. The molecule has 1 atom stereocenters. The molecule has 7 nitrogen and oxygen atoms in total. The Kier molecular flexibility index (Phi) is 6.52. The molecule has 0 radical (unpaired) electrons. The number of nitrogens with zero attached hydrogens (tertiary/aromatic N) is 3. The Morgan fingerprint density at radius 1 is 0.912 bits per heavy atom. The van der Waals surface area contributed by atoms with Gasteiger partial charge in [0.15, 0.2) is 11.5 Å². The lowest BCUT2D eigenvalue weighted by Gasteiger charge is -2.24. The molecule has 0 N–H and O–H groups in total. The van der Waals surface area contributed by atoms with Gasteiger partial charge in [0.05, 0.1) is 30.9 Å². The van der Waals surface area contributed by atoms with Crippen molar-refractivity contribution in [1.29, 1.82) is 0 Å². The Hall–Kier alpha value is -3.52. The van der Waals surface area contributed by atoms with Crippen LogP contribution in [0.5, 0.6) is 11.5 Å². The van der Waals surface area contributed by atoms with E-state index < -0.39 is 16.1 Å². The third-order valence-electron chi connectivity index (χ3n) is 5.95. The number of hydrogen-bond donors (Lipinski definition) is 0. The Balaban J connectivity index is 1.79. The van der Waals surface area contributed by atoms with E-state index in [4.69, 9.17) is 9.47 Å². The van der Waals surface area contributed by atoms with E-state index in [0.29, 0.717) is 23.6 Å². The number of aryl methyl sites for hydroxylation is 1. The van der Waals surface area contributed by atoms with Gasteiger partial charge in [-0.3, -0.25) is 0 Å². The van der Waals surface area contributed by atoms with Crippen molar-refractivity contribution < 1.29 is 17.9 Å². The second kappa shape index (κ2) is 9.38. The predicted molar refractivity (Wildman–Crippen MR) is 134 cm³/mol. The van der Waals surface area contributed by atoms with Crippen LogP contribution in [0.15, 0.2) is 76.7 Å². The highest BCUT2D eigenvalue weighted by Gasteiger charge is 2.38. The molecule has 0 aromatic heterocycles. The highest BCUT2D eigenvalue weighted by atomic mass is 32.2. The summed E-state index contributed by atoms with van der Waals surface area (Å²) in [5, 5.41) is 4.63. The molecule has 0 saturated heterocycles. The molecule has 1 aliphatic rings. The van der Waals surface area contributed by atoms with Gasteiger partial charge in [-0.15, -0.1) is 0 Å². The van der Waals surface area contributed by atoms with Crippen LogP contribution in [0.3, 0.4) is 0 Å². The highest BCUT2D eigenvalue weighted by Crippen LogP contribution is 2.39. The van der Waals surface area contributed by atoms with Crippen molar-refractivity contribution in [3.63, 3.8) is 0 Å². The molecule has 0 saturated carbocycles. The van der Waals surface area contributed by atoms with Gasteiger partial charge in [0.2, 0.25) is 0 Å². The number of anilines is 1. The van der Waals surface area contributed by atoms with Gasteiger partial charge in [-0.05, 0) is 55.0 Å². The standard InChI is InChI=1S/C26H29N3O4S/c1-18-6-13-22(14-7-18)34(30,31)29-24(19-8-11-21(12-9-19)28(2)3)17-23(27-29)20-10-15-25(32-4)26(16-20)33-5/h6-16,24H,17H2,1-5H3/t24-/m0/s1. The third-order valence-corrected chi connectivity index (χ3v) is 7.65. The summed E-state index contributed by atoms with van der Waals surface area (Å²) in [4.78, 5) is 2.22. The van der Waals surface area contributed by atoms with Gasteiger partial charge >= 0.3 is 0 Å². The van der Waals surface area contributed by atoms with Crippen LogP contribution >= 0.6 is 0 Å². The number of methoxy groups -OCH3 is 2. The first-order chi connectivity index (χ1) is 16.2. The fraction of sp³-hybridized carbons (Fsp3) is 0.269. The second-order valence-electron chi connectivity index (χ2n) is 8.41. The van der Waals surface area contributed by atoms with Crippen LogP contribution in [0.4, 0.5) is 5.69 Å². The van der Waals surface area contributed by atoms with Crippen LogP contribution in [0, 0.1) is 6.92 Å². The molecule has 4 rings (SSSR count). The van der Waals surface area contributed by atoms with Crippen LogP contribution in [-0.2, 0) is 10.0 Å². The Morgan fingerprint density at radius 3 is 2.15 bits per heavy atom. The smallest absolute Gasteiger partial charge is 0.279 e. The number of sulfonamides is 1. The Bertz CT molecular complexity index is 1300. The van der Waals surface area contributed by atoms with E-state index in [9.17, 15) is 8.42 Å². The van der Waals surface area contributed by atoms with Crippen LogP contribution in [0.2, 0.25) is 0 Å². The molecule has 0 spiro atoms. The topological polar surface area (TPSA) is 71.4 Å². The first-order valence-electron chi connectivity index (χ1n) is 10.9.